The highest BCUT2D eigenvalue weighted by molar-refractivity contribution is 5.45. The standard InChI is InChI=1S/C14H25N3/c1-4-6-8-12(3)16-14-10-7-9-13(17-14)15-11-5-2/h7,9-10,12H,4-6,8,11H2,1-3H3,(H2,15,16,17). The highest BCUT2D eigenvalue weighted by atomic mass is 15.1. The van der Waals surface area contributed by atoms with E-state index in [0.29, 0.717) is 6.04 Å². The Kier molecular flexibility index (Phi) is 6.45. The van der Waals surface area contributed by atoms with E-state index in [9.17, 15) is 0 Å². The van der Waals surface area contributed by atoms with Crippen LogP contribution in [0.5, 0.6) is 0 Å². The lowest BCUT2D eigenvalue weighted by atomic mass is 10.1. The highest BCUT2D eigenvalue weighted by Gasteiger charge is 2.02. The molecule has 3 nitrogen and oxygen atoms in total. The first-order chi connectivity index (χ1) is 8.26. The molecule has 0 aromatic carbocycles. The predicted molar refractivity (Wildman–Crippen MR) is 75.6 cm³/mol. The maximum absolute atomic E-state index is 4.54. The van der Waals surface area contributed by atoms with Crippen molar-refractivity contribution in [1.82, 2.24) is 4.98 Å². The van der Waals surface area contributed by atoms with Crippen LogP contribution in [-0.4, -0.2) is 17.6 Å². The van der Waals surface area contributed by atoms with Gasteiger partial charge < -0.3 is 10.6 Å². The van der Waals surface area contributed by atoms with Gasteiger partial charge in [0.1, 0.15) is 11.6 Å². The van der Waals surface area contributed by atoms with Crippen molar-refractivity contribution >= 4 is 11.6 Å². The molecule has 0 fully saturated rings. The van der Waals surface area contributed by atoms with E-state index in [1.165, 1.54) is 19.3 Å². The summed E-state index contributed by atoms with van der Waals surface area (Å²) in [5, 5.41) is 6.74. The van der Waals surface area contributed by atoms with E-state index in [4.69, 9.17) is 0 Å². The zero-order valence-corrected chi connectivity index (χ0v) is 11.3. The molecule has 1 aromatic heterocycles. The second kappa shape index (κ2) is 7.93. The largest absolute Gasteiger partial charge is 0.370 e. The highest BCUT2D eigenvalue weighted by Crippen LogP contribution is 2.12. The fraction of sp³-hybridized carbons (Fsp3) is 0.643. The van der Waals surface area contributed by atoms with Crippen LogP contribution in [0, 0.1) is 0 Å². The SMILES string of the molecule is CCCCC(C)Nc1cccc(NCCC)n1. The second-order valence-electron chi connectivity index (χ2n) is 4.52. The quantitative estimate of drug-likeness (QED) is 0.717. The van der Waals surface area contributed by atoms with Gasteiger partial charge in [-0.15, -0.1) is 0 Å². The summed E-state index contributed by atoms with van der Waals surface area (Å²) in [5.74, 6) is 1.93. The van der Waals surface area contributed by atoms with Crippen molar-refractivity contribution in [2.24, 2.45) is 0 Å². The molecule has 0 aliphatic rings. The maximum atomic E-state index is 4.54. The number of nitrogens with zero attached hydrogens (tertiary/aromatic N) is 1. The molecule has 0 aliphatic heterocycles. The third kappa shape index (κ3) is 5.57. The molecule has 0 saturated heterocycles. The topological polar surface area (TPSA) is 37.0 Å². The molecule has 3 heteroatoms. The van der Waals surface area contributed by atoms with E-state index in [0.717, 1.165) is 24.6 Å². The van der Waals surface area contributed by atoms with Crippen molar-refractivity contribution in [1.29, 1.82) is 0 Å². The lowest BCUT2D eigenvalue weighted by Crippen LogP contribution is -2.16. The van der Waals surface area contributed by atoms with Gasteiger partial charge in [0.2, 0.25) is 0 Å². The van der Waals surface area contributed by atoms with Crippen LogP contribution >= 0.6 is 0 Å². The number of pyridine rings is 1. The van der Waals surface area contributed by atoms with Gasteiger partial charge in [-0.1, -0.05) is 32.8 Å². The van der Waals surface area contributed by atoms with Crippen molar-refractivity contribution in [2.75, 3.05) is 17.2 Å². The molecule has 0 spiro atoms. The number of hydrogen-bond donors (Lipinski definition) is 2. The third-order valence-electron chi connectivity index (χ3n) is 2.69. The van der Waals surface area contributed by atoms with Gasteiger partial charge in [0, 0.05) is 12.6 Å². The number of anilines is 2. The zero-order valence-electron chi connectivity index (χ0n) is 11.3. The lowest BCUT2D eigenvalue weighted by molar-refractivity contribution is 0.643. The van der Waals surface area contributed by atoms with Crippen molar-refractivity contribution in [3.8, 4) is 0 Å². The molecule has 0 bridgehead atoms. The van der Waals surface area contributed by atoms with E-state index in [1.54, 1.807) is 0 Å². The van der Waals surface area contributed by atoms with Crippen LogP contribution in [0.25, 0.3) is 0 Å². The Morgan fingerprint density at radius 1 is 1.18 bits per heavy atom. The second-order valence-corrected chi connectivity index (χ2v) is 4.52. The smallest absolute Gasteiger partial charge is 0.128 e. The molecular formula is C14H25N3. The van der Waals surface area contributed by atoms with Gasteiger partial charge in [0.15, 0.2) is 0 Å². The van der Waals surface area contributed by atoms with Crippen LogP contribution < -0.4 is 10.6 Å². The molecular weight excluding hydrogens is 210 g/mol. The molecule has 1 unspecified atom stereocenters. The Hall–Kier alpha value is -1.25. The first-order valence-corrected chi connectivity index (χ1v) is 6.73. The number of rotatable bonds is 8. The Morgan fingerprint density at radius 3 is 2.65 bits per heavy atom. The summed E-state index contributed by atoms with van der Waals surface area (Å²) in [6, 6.07) is 6.57. The van der Waals surface area contributed by atoms with Crippen LogP contribution in [0.1, 0.15) is 46.5 Å². The Balaban J connectivity index is 2.47. The van der Waals surface area contributed by atoms with Crippen LogP contribution in [0.3, 0.4) is 0 Å². The number of aromatic nitrogens is 1. The first kappa shape index (κ1) is 13.8. The summed E-state index contributed by atoms with van der Waals surface area (Å²) in [6.07, 6.45) is 4.83. The number of nitrogens with one attached hydrogen (secondary N) is 2. The molecule has 17 heavy (non-hydrogen) atoms. The molecule has 1 aromatic rings. The molecule has 1 rings (SSSR count). The zero-order chi connectivity index (χ0) is 12.5. The fourth-order valence-electron chi connectivity index (χ4n) is 1.70. The normalized spacial score (nSPS) is 12.2. The van der Waals surface area contributed by atoms with Gasteiger partial charge >= 0.3 is 0 Å². The van der Waals surface area contributed by atoms with E-state index >= 15 is 0 Å². The van der Waals surface area contributed by atoms with Gasteiger partial charge in [0.05, 0.1) is 0 Å². The Labute approximate surface area is 105 Å². The average molecular weight is 235 g/mol. The fourth-order valence-corrected chi connectivity index (χ4v) is 1.70. The van der Waals surface area contributed by atoms with E-state index in [2.05, 4.69) is 36.4 Å². The van der Waals surface area contributed by atoms with Gasteiger partial charge in [-0.2, -0.15) is 0 Å². The number of unbranched alkanes of at least 4 members (excludes halogenated alkanes) is 1. The van der Waals surface area contributed by atoms with E-state index < -0.39 is 0 Å². The minimum absolute atomic E-state index is 0.490. The van der Waals surface area contributed by atoms with Gasteiger partial charge in [-0.05, 0) is 31.9 Å². The van der Waals surface area contributed by atoms with Gasteiger partial charge in [0.25, 0.3) is 0 Å². The summed E-state index contributed by atoms with van der Waals surface area (Å²) in [6.45, 7) is 7.56. The lowest BCUT2D eigenvalue weighted by Gasteiger charge is -2.14. The van der Waals surface area contributed by atoms with Crippen molar-refractivity contribution in [3.05, 3.63) is 18.2 Å². The molecule has 0 amide bonds. The van der Waals surface area contributed by atoms with Crippen molar-refractivity contribution in [2.45, 2.75) is 52.5 Å². The number of hydrogen-bond acceptors (Lipinski definition) is 3. The molecule has 1 heterocycles. The Bertz CT molecular complexity index is 312. The van der Waals surface area contributed by atoms with E-state index in [1.807, 2.05) is 18.2 Å². The van der Waals surface area contributed by atoms with Crippen molar-refractivity contribution in [3.63, 3.8) is 0 Å². The molecule has 1 atom stereocenters. The van der Waals surface area contributed by atoms with Crippen LogP contribution in [0.2, 0.25) is 0 Å². The van der Waals surface area contributed by atoms with Crippen molar-refractivity contribution < 1.29 is 0 Å². The van der Waals surface area contributed by atoms with Crippen LogP contribution in [-0.2, 0) is 0 Å². The van der Waals surface area contributed by atoms with E-state index in [-0.39, 0.29) is 0 Å². The summed E-state index contributed by atoms with van der Waals surface area (Å²) in [4.78, 5) is 4.54. The molecule has 0 aliphatic carbocycles. The molecule has 0 radical (unpaired) electrons. The maximum Gasteiger partial charge on any atom is 0.128 e. The summed E-state index contributed by atoms with van der Waals surface area (Å²) < 4.78 is 0. The minimum Gasteiger partial charge on any atom is -0.370 e. The van der Waals surface area contributed by atoms with Gasteiger partial charge in [-0.25, -0.2) is 4.98 Å². The average Bonchev–Trinajstić information content (AvgIpc) is 2.34. The Morgan fingerprint density at radius 2 is 1.94 bits per heavy atom. The first-order valence-electron chi connectivity index (χ1n) is 6.73. The molecule has 2 N–H and O–H groups in total. The van der Waals surface area contributed by atoms with Gasteiger partial charge in [-0.3, -0.25) is 0 Å². The predicted octanol–water partition coefficient (Wildman–Crippen LogP) is 3.89. The summed E-state index contributed by atoms with van der Waals surface area (Å²) >= 11 is 0. The summed E-state index contributed by atoms with van der Waals surface area (Å²) in [7, 11) is 0. The molecule has 96 valence electrons. The van der Waals surface area contributed by atoms with Crippen LogP contribution in [0.4, 0.5) is 11.6 Å². The third-order valence-corrected chi connectivity index (χ3v) is 2.69. The van der Waals surface area contributed by atoms with Crippen LogP contribution in [0.15, 0.2) is 18.2 Å². The minimum atomic E-state index is 0.490. The molecule has 0 saturated carbocycles. The summed E-state index contributed by atoms with van der Waals surface area (Å²) in [5.41, 5.74) is 0. The monoisotopic (exact) mass is 235 g/mol.